The van der Waals surface area contributed by atoms with E-state index in [1.807, 2.05) is 26.0 Å². The predicted molar refractivity (Wildman–Crippen MR) is 86.9 cm³/mol. The SMILES string of the molecule is COC(=O)C=C(C)C#CC1c2ccccc2C(=O)C(O)C1(C)C. The van der Waals surface area contributed by atoms with Gasteiger partial charge in [-0.2, -0.15) is 0 Å². The zero-order chi connectivity index (χ0) is 17.2. The minimum atomic E-state index is -1.11. The van der Waals surface area contributed by atoms with Crippen molar-refractivity contribution in [2.75, 3.05) is 7.11 Å². The second-order valence-electron chi connectivity index (χ2n) is 6.23. The molecule has 2 rings (SSSR count). The number of aliphatic hydroxyl groups excluding tert-OH is 1. The van der Waals surface area contributed by atoms with E-state index >= 15 is 0 Å². The molecule has 1 aliphatic carbocycles. The first kappa shape index (κ1) is 17.0. The fourth-order valence-electron chi connectivity index (χ4n) is 2.74. The monoisotopic (exact) mass is 312 g/mol. The van der Waals surface area contributed by atoms with Crippen LogP contribution in [0.1, 0.15) is 42.6 Å². The second-order valence-corrected chi connectivity index (χ2v) is 6.23. The summed E-state index contributed by atoms with van der Waals surface area (Å²) in [7, 11) is 1.31. The van der Waals surface area contributed by atoms with Gasteiger partial charge >= 0.3 is 5.97 Å². The van der Waals surface area contributed by atoms with Gasteiger partial charge in [0.15, 0.2) is 5.78 Å². The van der Waals surface area contributed by atoms with Crippen LogP contribution in [0, 0.1) is 17.3 Å². The summed E-state index contributed by atoms with van der Waals surface area (Å²) in [6.07, 6.45) is 0.206. The Morgan fingerprint density at radius 2 is 2.00 bits per heavy atom. The normalized spacial score (nSPS) is 22.7. The Balaban J connectivity index is 2.49. The molecule has 1 aliphatic rings. The summed E-state index contributed by atoms with van der Waals surface area (Å²) in [4.78, 5) is 23.6. The molecule has 0 fully saturated rings. The molecule has 1 N–H and O–H groups in total. The summed E-state index contributed by atoms with van der Waals surface area (Å²) in [5, 5.41) is 10.4. The molecule has 2 unspecified atom stereocenters. The Morgan fingerprint density at radius 1 is 1.35 bits per heavy atom. The summed E-state index contributed by atoms with van der Waals surface area (Å²) >= 11 is 0. The highest BCUT2D eigenvalue weighted by molar-refractivity contribution is 6.03. The third-order valence-electron chi connectivity index (χ3n) is 4.18. The fourth-order valence-corrected chi connectivity index (χ4v) is 2.74. The topological polar surface area (TPSA) is 63.6 Å². The maximum atomic E-state index is 12.3. The maximum absolute atomic E-state index is 12.3. The molecule has 0 saturated carbocycles. The average molecular weight is 312 g/mol. The van der Waals surface area contributed by atoms with Gasteiger partial charge < -0.3 is 9.84 Å². The van der Waals surface area contributed by atoms with E-state index in [2.05, 4.69) is 16.6 Å². The van der Waals surface area contributed by atoms with Crippen molar-refractivity contribution < 1.29 is 19.4 Å². The van der Waals surface area contributed by atoms with E-state index in [1.54, 1.807) is 19.1 Å². The molecule has 0 heterocycles. The minimum Gasteiger partial charge on any atom is -0.466 e. The van der Waals surface area contributed by atoms with Crippen molar-refractivity contribution in [2.45, 2.75) is 32.8 Å². The van der Waals surface area contributed by atoms with Crippen LogP contribution in [0.5, 0.6) is 0 Å². The average Bonchev–Trinajstić information content (AvgIpc) is 2.52. The summed E-state index contributed by atoms with van der Waals surface area (Å²) in [5.74, 6) is 5.00. The molecule has 0 radical (unpaired) electrons. The number of aliphatic hydroxyl groups is 1. The lowest BCUT2D eigenvalue weighted by molar-refractivity contribution is -0.134. The molecule has 1 aromatic rings. The van der Waals surface area contributed by atoms with Gasteiger partial charge in [-0.15, -0.1) is 0 Å². The van der Waals surface area contributed by atoms with Gasteiger partial charge in [0.05, 0.1) is 13.0 Å². The van der Waals surface area contributed by atoms with Crippen LogP contribution >= 0.6 is 0 Å². The van der Waals surface area contributed by atoms with Crippen LogP contribution in [0.25, 0.3) is 0 Å². The Hall–Kier alpha value is -2.38. The van der Waals surface area contributed by atoms with E-state index in [4.69, 9.17) is 0 Å². The lowest BCUT2D eigenvalue weighted by atomic mass is 9.64. The number of ether oxygens (including phenoxy) is 1. The lowest BCUT2D eigenvalue weighted by Crippen LogP contribution is -2.45. The van der Waals surface area contributed by atoms with E-state index < -0.39 is 17.5 Å². The van der Waals surface area contributed by atoms with Gasteiger partial charge in [0.2, 0.25) is 0 Å². The summed E-state index contributed by atoms with van der Waals surface area (Å²) < 4.78 is 4.57. The highest BCUT2D eigenvalue weighted by atomic mass is 16.5. The van der Waals surface area contributed by atoms with Crippen molar-refractivity contribution in [3.63, 3.8) is 0 Å². The molecule has 120 valence electrons. The van der Waals surface area contributed by atoms with Crippen LogP contribution < -0.4 is 0 Å². The number of benzene rings is 1. The van der Waals surface area contributed by atoms with Gasteiger partial charge in [0, 0.05) is 22.6 Å². The van der Waals surface area contributed by atoms with E-state index in [9.17, 15) is 14.7 Å². The molecule has 4 heteroatoms. The molecule has 0 spiro atoms. The molecular formula is C19H20O4. The quantitative estimate of drug-likeness (QED) is 0.491. The van der Waals surface area contributed by atoms with E-state index in [0.29, 0.717) is 11.1 Å². The van der Waals surface area contributed by atoms with Gasteiger partial charge in [0.25, 0.3) is 0 Å². The fraction of sp³-hybridized carbons (Fsp3) is 0.368. The number of rotatable bonds is 1. The van der Waals surface area contributed by atoms with Crippen LogP contribution in [0.15, 0.2) is 35.9 Å². The molecule has 1 aromatic carbocycles. The molecule has 0 aliphatic heterocycles. The van der Waals surface area contributed by atoms with Crippen molar-refractivity contribution in [1.82, 2.24) is 0 Å². The number of carbonyl (C=O) groups excluding carboxylic acids is 2. The van der Waals surface area contributed by atoms with E-state index in [-0.39, 0.29) is 11.7 Å². The van der Waals surface area contributed by atoms with Crippen LogP contribution in [-0.2, 0) is 9.53 Å². The number of hydrogen-bond acceptors (Lipinski definition) is 4. The molecular weight excluding hydrogens is 292 g/mol. The van der Waals surface area contributed by atoms with E-state index in [0.717, 1.165) is 5.56 Å². The lowest BCUT2D eigenvalue weighted by Gasteiger charge is -2.40. The van der Waals surface area contributed by atoms with Crippen molar-refractivity contribution >= 4 is 11.8 Å². The van der Waals surface area contributed by atoms with Gasteiger partial charge in [-0.3, -0.25) is 4.79 Å². The van der Waals surface area contributed by atoms with Gasteiger partial charge in [-0.05, 0) is 12.5 Å². The largest absolute Gasteiger partial charge is 0.466 e. The van der Waals surface area contributed by atoms with E-state index in [1.165, 1.54) is 13.2 Å². The zero-order valence-electron chi connectivity index (χ0n) is 13.7. The third-order valence-corrected chi connectivity index (χ3v) is 4.18. The van der Waals surface area contributed by atoms with Crippen LogP contribution in [-0.4, -0.2) is 30.1 Å². The van der Waals surface area contributed by atoms with Crippen LogP contribution in [0.3, 0.4) is 0 Å². The van der Waals surface area contributed by atoms with Gasteiger partial charge in [-0.1, -0.05) is 50.0 Å². The molecule has 23 heavy (non-hydrogen) atoms. The van der Waals surface area contributed by atoms with Crippen molar-refractivity contribution in [3.05, 3.63) is 47.0 Å². The Labute approximate surface area is 136 Å². The number of Topliss-reactive ketones (excluding diaryl/α,β-unsaturated/α-hetero) is 1. The minimum absolute atomic E-state index is 0.273. The van der Waals surface area contributed by atoms with Crippen molar-refractivity contribution in [2.24, 2.45) is 5.41 Å². The molecule has 0 aromatic heterocycles. The molecule has 0 bridgehead atoms. The first-order chi connectivity index (χ1) is 10.8. The summed E-state index contributed by atoms with van der Waals surface area (Å²) in [6, 6.07) is 7.20. The first-order valence-electron chi connectivity index (χ1n) is 7.38. The van der Waals surface area contributed by atoms with Crippen LogP contribution in [0.2, 0.25) is 0 Å². The summed E-state index contributed by atoms with van der Waals surface area (Å²) in [5.41, 5.74) is 1.17. The molecule has 4 nitrogen and oxygen atoms in total. The Bertz CT molecular complexity index is 731. The number of esters is 1. The number of methoxy groups -OCH3 is 1. The third kappa shape index (κ3) is 3.20. The summed E-state index contributed by atoms with van der Waals surface area (Å²) in [6.45, 7) is 5.36. The van der Waals surface area contributed by atoms with Crippen molar-refractivity contribution in [3.8, 4) is 11.8 Å². The Kier molecular flexibility index (Phi) is 4.72. The van der Waals surface area contributed by atoms with Gasteiger partial charge in [-0.25, -0.2) is 4.79 Å². The van der Waals surface area contributed by atoms with Crippen LogP contribution in [0.4, 0.5) is 0 Å². The highest BCUT2D eigenvalue weighted by Crippen LogP contribution is 2.44. The van der Waals surface area contributed by atoms with Crippen molar-refractivity contribution in [1.29, 1.82) is 0 Å². The number of allylic oxidation sites excluding steroid dienone is 1. The number of fused-ring (bicyclic) bond motifs is 1. The number of ketones is 1. The maximum Gasteiger partial charge on any atom is 0.331 e. The molecule has 0 saturated heterocycles. The second kappa shape index (κ2) is 6.39. The number of hydrogen-bond donors (Lipinski definition) is 1. The zero-order valence-corrected chi connectivity index (χ0v) is 13.7. The number of carbonyl (C=O) groups is 2. The highest BCUT2D eigenvalue weighted by Gasteiger charge is 2.46. The molecule has 0 amide bonds. The smallest absolute Gasteiger partial charge is 0.331 e. The standard InChI is InChI=1S/C19H20O4/c1-12(11-16(20)23-4)9-10-15-13-7-5-6-8-14(13)17(21)18(22)19(15,2)3/h5-8,11,15,18,22H,1-4H3. The predicted octanol–water partition coefficient (Wildman–Crippen LogP) is 2.48. The molecule has 2 atom stereocenters. The Morgan fingerprint density at radius 3 is 2.65 bits per heavy atom. The first-order valence-corrected chi connectivity index (χ1v) is 7.38. The van der Waals surface area contributed by atoms with Gasteiger partial charge in [0.1, 0.15) is 6.10 Å².